The number of carbonyl (C=O) groups excluding carboxylic acids is 1. The van der Waals surface area contributed by atoms with Crippen molar-refractivity contribution in [1.29, 1.82) is 0 Å². The maximum absolute atomic E-state index is 12.9. The molecule has 0 fully saturated rings. The number of anilines is 1. The van der Waals surface area contributed by atoms with Gasteiger partial charge in [-0.05, 0) is 42.5 Å². The van der Waals surface area contributed by atoms with Gasteiger partial charge in [0.25, 0.3) is 5.91 Å². The number of aromatic amines is 2. The minimum atomic E-state index is -0.304. The van der Waals surface area contributed by atoms with Gasteiger partial charge in [0.15, 0.2) is 5.75 Å². The highest BCUT2D eigenvalue weighted by Gasteiger charge is 2.14. The van der Waals surface area contributed by atoms with Crippen molar-refractivity contribution in [3.05, 3.63) is 101 Å². The third-order valence-electron chi connectivity index (χ3n) is 4.71. The van der Waals surface area contributed by atoms with Crippen LogP contribution in [0.3, 0.4) is 0 Å². The van der Waals surface area contributed by atoms with Gasteiger partial charge in [-0.25, -0.2) is 9.48 Å². The van der Waals surface area contributed by atoms with Crippen molar-refractivity contribution in [3.8, 4) is 17.2 Å². The molecule has 0 unspecified atom stereocenters. The Balaban J connectivity index is 1.38. The summed E-state index contributed by atoms with van der Waals surface area (Å²) in [6.45, 7) is 0. The predicted octanol–water partition coefficient (Wildman–Crippen LogP) is 4.09. The Hall–Kier alpha value is -4.59. The first-order valence-corrected chi connectivity index (χ1v) is 9.57. The summed E-state index contributed by atoms with van der Waals surface area (Å²) in [4.78, 5) is 29.9. The number of para-hydroxylation sites is 2. The number of rotatable bonds is 5. The zero-order valence-corrected chi connectivity index (χ0v) is 16.2. The summed E-state index contributed by atoms with van der Waals surface area (Å²) in [5, 5.41) is 7.13. The number of hydrogen-bond acceptors (Lipinski definition) is 4. The number of fused-ring (bicyclic) bond motifs is 1. The van der Waals surface area contributed by atoms with Crippen LogP contribution >= 0.6 is 0 Å². The van der Waals surface area contributed by atoms with Gasteiger partial charge in [-0.1, -0.05) is 30.3 Å². The number of amides is 1. The molecule has 0 radical (unpaired) electrons. The lowest BCUT2D eigenvalue weighted by Crippen LogP contribution is -2.16. The van der Waals surface area contributed by atoms with Crippen molar-refractivity contribution in [2.45, 2.75) is 0 Å². The molecule has 5 aromatic rings. The first-order chi connectivity index (χ1) is 15.2. The van der Waals surface area contributed by atoms with Crippen molar-refractivity contribution in [3.63, 3.8) is 0 Å². The molecule has 0 aliphatic rings. The van der Waals surface area contributed by atoms with Gasteiger partial charge < -0.3 is 20.0 Å². The fourth-order valence-electron chi connectivity index (χ4n) is 3.33. The van der Waals surface area contributed by atoms with Crippen LogP contribution in [0.1, 0.15) is 10.5 Å². The fourth-order valence-corrected chi connectivity index (χ4v) is 3.33. The van der Waals surface area contributed by atoms with Crippen molar-refractivity contribution < 1.29 is 9.53 Å². The number of nitrogens with zero attached hydrogens (tertiary/aromatic N) is 2. The molecule has 0 aliphatic heterocycles. The predicted molar refractivity (Wildman–Crippen MR) is 117 cm³/mol. The Bertz CT molecular complexity index is 1430. The normalized spacial score (nSPS) is 10.8. The molecule has 3 aromatic carbocycles. The molecule has 3 N–H and O–H groups in total. The van der Waals surface area contributed by atoms with E-state index in [1.165, 1.54) is 0 Å². The first kappa shape index (κ1) is 18.4. The standard InChI is InChI=1S/C23H17N5O3/c29-22(19-12-13-24-28(19)16-7-2-1-3-8-16)25-15-6-4-9-17(14-15)31-20-11-5-10-18-21(20)27-23(30)26-18/h1-14H,(H,25,29)(H2,26,27,30). The number of benzene rings is 3. The van der Waals surface area contributed by atoms with Gasteiger partial charge in [0.05, 0.1) is 17.4 Å². The summed E-state index contributed by atoms with van der Waals surface area (Å²) in [6, 6.07) is 23.5. The maximum atomic E-state index is 12.9. The number of nitrogens with one attached hydrogen (secondary N) is 3. The summed E-state index contributed by atoms with van der Waals surface area (Å²) in [6.07, 6.45) is 1.58. The lowest BCUT2D eigenvalue weighted by molar-refractivity contribution is 0.101. The Labute approximate surface area is 176 Å². The van der Waals surface area contributed by atoms with Gasteiger partial charge in [-0.3, -0.25) is 4.79 Å². The largest absolute Gasteiger partial charge is 0.455 e. The molecule has 2 heterocycles. The van der Waals surface area contributed by atoms with E-state index in [4.69, 9.17) is 4.74 Å². The van der Waals surface area contributed by atoms with Crippen molar-refractivity contribution in [2.24, 2.45) is 0 Å². The van der Waals surface area contributed by atoms with Crippen molar-refractivity contribution in [2.75, 3.05) is 5.32 Å². The lowest BCUT2D eigenvalue weighted by atomic mass is 10.2. The molecule has 0 aliphatic carbocycles. The topological polar surface area (TPSA) is 105 Å². The van der Waals surface area contributed by atoms with Crippen LogP contribution in [0.5, 0.6) is 11.5 Å². The van der Waals surface area contributed by atoms with Crippen LogP contribution < -0.4 is 15.7 Å². The summed E-state index contributed by atoms with van der Waals surface area (Å²) < 4.78 is 7.53. The third kappa shape index (κ3) is 3.69. The molecule has 8 nitrogen and oxygen atoms in total. The minimum absolute atomic E-state index is 0.296. The van der Waals surface area contributed by atoms with Gasteiger partial charge >= 0.3 is 5.69 Å². The Kier molecular flexibility index (Phi) is 4.57. The number of ether oxygens (including phenoxy) is 1. The highest BCUT2D eigenvalue weighted by Crippen LogP contribution is 2.28. The van der Waals surface area contributed by atoms with Crippen LogP contribution in [0, 0.1) is 0 Å². The smallest absolute Gasteiger partial charge is 0.323 e. The monoisotopic (exact) mass is 411 g/mol. The van der Waals surface area contributed by atoms with Crippen molar-refractivity contribution in [1.82, 2.24) is 19.7 Å². The van der Waals surface area contributed by atoms with Crippen LogP contribution in [-0.4, -0.2) is 25.7 Å². The molecule has 31 heavy (non-hydrogen) atoms. The minimum Gasteiger partial charge on any atom is -0.455 e. The first-order valence-electron chi connectivity index (χ1n) is 9.57. The fraction of sp³-hybridized carbons (Fsp3) is 0. The van der Waals surface area contributed by atoms with Gasteiger partial charge in [0.1, 0.15) is 17.0 Å². The molecule has 0 saturated carbocycles. The van der Waals surface area contributed by atoms with E-state index < -0.39 is 0 Å². The van der Waals surface area contributed by atoms with E-state index in [0.29, 0.717) is 33.9 Å². The van der Waals surface area contributed by atoms with Gasteiger partial charge in [-0.15, -0.1) is 0 Å². The van der Waals surface area contributed by atoms with Crippen LogP contribution in [-0.2, 0) is 0 Å². The van der Waals surface area contributed by atoms with E-state index in [1.54, 1.807) is 59.4 Å². The molecule has 0 spiro atoms. The van der Waals surface area contributed by atoms with E-state index in [9.17, 15) is 9.59 Å². The average molecular weight is 411 g/mol. The quantitative estimate of drug-likeness (QED) is 0.405. The van der Waals surface area contributed by atoms with E-state index in [0.717, 1.165) is 5.69 Å². The van der Waals surface area contributed by atoms with E-state index in [-0.39, 0.29) is 11.6 Å². The zero-order chi connectivity index (χ0) is 21.2. The van der Waals surface area contributed by atoms with Gasteiger partial charge in [-0.2, -0.15) is 5.10 Å². The molecule has 8 heteroatoms. The molecular formula is C23H17N5O3. The molecule has 0 saturated heterocycles. The summed E-state index contributed by atoms with van der Waals surface area (Å²) in [7, 11) is 0. The SMILES string of the molecule is O=C(Nc1cccc(Oc2cccc3[nH]c(=O)[nH]c23)c1)c1ccnn1-c1ccccc1. The average Bonchev–Trinajstić information content (AvgIpc) is 3.41. The third-order valence-corrected chi connectivity index (χ3v) is 4.71. The molecule has 5 rings (SSSR count). The van der Waals surface area contributed by atoms with Crippen LogP contribution in [0.25, 0.3) is 16.7 Å². The second kappa shape index (κ2) is 7.68. The van der Waals surface area contributed by atoms with Crippen LogP contribution in [0.2, 0.25) is 0 Å². The van der Waals surface area contributed by atoms with Gasteiger partial charge in [0.2, 0.25) is 0 Å². The Morgan fingerprint density at radius 2 is 1.77 bits per heavy atom. The summed E-state index contributed by atoms with van der Waals surface area (Å²) >= 11 is 0. The van der Waals surface area contributed by atoms with Crippen LogP contribution in [0.15, 0.2) is 89.9 Å². The summed E-state index contributed by atoms with van der Waals surface area (Å²) in [5.41, 5.74) is 2.70. The Morgan fingerprint density at radius 1 is 0.935 bits per heavy atom. The summed E-state index contributed by atoms with van der Waals surface area (Å²) in [5.74, 6) is 0.723. The molecule has 1 amide bonds. The Morgan fingerprint density at radius 3 is 2.65 bits per heavy atom. The van der Waals surface area contributed by atoms with E-state index in [1.807, 2.05) is 30.3 Å². The molecular weight excluding hydrogens is 394 g/mol. The molecule has 152 valence electrons. The zero-order valence-electron chi connectivity index (χ0n) is 16.2. The van der Waals surface area contributed by atoms with E-state index in [2.05, 4.69) is 20.4 Å². The van der Waals surface area contributed by atoms with Crippen molar-refractivity contribution >= 4 is 22.6 Å². The lowest BCUT2D eigenvalue weighted by Gasteiger charge is -2.11. The molecule has 0 bridgehead atoms. The number of imidazole rings is 1. The van der Waals surface area contributed by atoms with E-state index >= 15 is 0 Å². The number of carbonyl (C=O) groups is 1. The van der Waals surface area contributed by atoms with Gasteiger partial charge in [0, 0.05) is 11.8 Å². The number of aromatic nitrogens is 4. The number of hydrogen-bond donors (Lipinski definition) is 3. The molecule has 0 atom stereocenters. The highest BCUT2D eigenvalue weighted by atomic mass is 16.5. The maximum Gasteiger partial charge on any atom is 0.323 e. The number of H-pyrrole nitrogens is 2. The van der Waals surface area contributed by atoms with Crippen LogP contribution in [0.4, 0.5) is 5.69 Å². The second-order valence-electron chi connectivity index (χ2n) is 6.81. The second-order valence-corrected chi connectivity index (χ2v) is 6.81. The molecule has 2 aromatic heterocycles. The highest BCUT2D eigenvalue weighted by molar-refractivity contribution is 6.03.